The smallest absolute Gasteiger partial charge is 0.144 e. The van der Waals surface area contributed by atoms with Gasteiger partial charge in [0.05, 0.1) is 12.3 Å². The van der Waals surface area contributed by atoms with Gasteiger partial charge in [-0.3, -0.25) is 0 Å². The van der Waals surface area contributed by atoms with E-state index in [9.17, 15) is 0 Å². The summed E-state index contributed by atoms with van der Waals surface area (Å²) in [6.07, 6.45) is 2.32. The quantitative estimate of drug-likeness (QED) is 0.874. The second-order valence-electron chi connectivity index (χ2n) is 5.45. The molecule has 2 N–H and O–H groups in total. The van der Waals surface area contributed by atoms with E-state index in [1.165, 1.54) is 23.2 Å². The minimum atomic E-state index is 0.635. The maximum Gasteiger partial charge on any atom is 0.144 e. The molecular weight excluding hydrogens is 260 g/mol. The van der Waals surface area contributed by atoms with Crippen molar-refractivity contribution in [2.24, 2.45) is 0 Å². The lowest BCUT2D eigenvalue weighted by atomic mass is 10.0. The van der Waals surface area contributed by atoms with Crippen molar-refractivity contribution < 1.29 is 4.74 Å². The summed E-state index contributed by atoms with van der Waals surface area (Å²) in [5.74, 6) is 0.785. The van der Waals surface area contributed by atoms with Crippen molar-refractivity contribution in [2.45, 2.75) is 26.3 Å². The first-order chi connectivity index (χ1) is 10.3. The van der Waals surface area contributed by atoms with Gasteiger partial charge < -0.3 is 15.4 Å². The molecule has 2 aromatic carbocycles. The number of aryl methyl sites for hydroxylation is 1. The van der Waals surface area contributed by atoms with Crippen molar-refractivity contribution in [1.82, 2.24) is 0 Å². The average Bonchev–Trinajstić information content (AvgIpc) is 2.72. The summed E-state index contributed by atoms with van der Waals surface area (Å²) in [6.45, 7) is 4.63. The minimum Gasteiger partial charge on any atom is -0.492 e. The second kappa shape index (κ2) is 6.08. The fourth-order valence-corrected chi connectivity index (χ4v) is 2.92. The highest BCUT2D eigenvalue weighted by atomic mass is 16.5. The maximum atomic E-state index is 5.97. The number of hydrogen-bond acceptors (Lipinski definition) is 3. The Labute approximate surface area is 126 Å². The van der Waals surface area contributed by atoms with Crippen LogP contribution in [-0.2, 0) is 13.0 Å². The molecule has 0 spiro atoms. The fraction of sp³-hybridized carbons (Fsp3) is 0.333. The SMILES string of the molecule is CCOc1cc(N2CCCc3ccccc3C2)ccc1N. The summed E-state index contributed by atoms with van der Waals surface area (Å²) >= 11 is 0. The number of nitrogens with two attached hydrogens (primary N) is 1. The third-order valence-corrected chi connectivity index (χ3v) is 4.02. The zero-order valence-electron chi connectivity index (χ0n) is 12.5. The van der Waals surface area contributed by atoms with Crippen LogP contribution in [0.5, 0.6) is 5.75 Å². The molecule has 1 aliphatic heterocycles. The van der Waals surface area contributed by atoms with E-state index in [1.54, 1.807) is 0 Å². The van der Waals surface area contributed by atoms with Gasteiger partial charge in [0, 0.05) is 24.8 Å². The molecule has 0 radical (unpaired) electrons. The van der Waals surface area contributed by atoms with E-state index >= 15 is 0 Å². The van der Waals surface area contributed by atoms with Gasteiger partial charge in [-0.2, -0.15) is 0 Å². The van der Waals surface area contributed by atoms with Crippen LogP contribution in [0.1, 0.15) is 24.5 Å². The van der Waals surface area contributed by atoms with Crippen LogP contribution in [-0.4, -0.2) is 13.2 Å². The predicted molar refractivity (Wildman–Crippen MR) is 87.8 cm³/mol. The van der Waals surface area contributed by atoms with Gasteiger partial charge in [-0.25, -0.2) is 0 Å². The van der Waals surface area contributed by atoms with Crippen LogP contribution in [0.2, 0.25) is 0 Å². The van der Waals surface area contributed by atoms with Crippen LogP contribution >= 0.6 is 0 Å². The Kier molecular flexibility index (Phi) is 4.00. The van der Waals surface area contributed by atoms with E-state index in [2.05, 4.69) is 41.3 Å². The van der Waals surface area contributed by atoms with Crippen molar-refractivity contribution in [1.29, 1.82) is 0 Å². The molecular formula is C18H22N2O. The van der Waals surface area contributed by atoms with Crippen LogP contribution in [0.15, 0.2) is 42.5 Å². The summed E-state index contributed by atoms with van der Waals surface area (Å²) in [4.78, 5) is 2.41. The number of anilines is 2. The topological polar surface area (TPSA) is 38.5 Å². The molecule has 3 heteroatoms. The Morgan fingerprint density at radius 2 is 1.95 bits per heavy atom. The first-order valence-electron chi connectivity index (χ1n) is 7.62. The van der Waals surface area contributed by atoms with Crippen LogP contribution < -0.4 is 15.4 Å². The Morgan fingerprint density at radius 3 is 2.76 bits per heavy atom. The Balaban J connectivity index is 1.88. The molecule has 0 aliphatic carbocycles. The molecule has 3 nitrogen and oxygen atoms in total. The van der Waals surface area contributed by atoms with Crippen molar-refractivity contribution in [3.05, 3.63) is 53.6 Å². The molecule has 2 aromatic rings. The molecule has 3 rings (SSSR count). The monoisotopic (exact) mass is 282 g/mol. The Bertz CT molecular complexity index is 624. The van der Waals surface area contributed by atoms with E-state index in [0.717, 1.165) is 25.3 Å². The second-order valence-corrected chi connectivity index (χ2v) is 5.45. The summed E-state index contributed by atoms with van der Waals surface area (Å²) in [5, 5.41) is 0. The molecule has 1 heterocycles. The highest BCUT2D eigenvalue weighted by molar-refractivity contribution is 5.62. The fourth-order valence-electron chi connectivity index (χ4n) is 2.92. The van der Waals surface area contributed by atoms with Gasteiger partial charge in [-0.15, -0.1) is 0 Å². The van der Waals surface area contributed by atoms with Crippen molar-refractivity contribution in [3.63, 3.8) is 0 Å². The average molecular weight is 282 g/mol. The molecule has 0 amide bonds. The lowest BCUT2D eigenvalue weighted by molar-refractivity contribution is 0.342. The predicted octanol–water partition coefficient (Wildman–Crippen LogP) is 3.62. The number of nitrogen functional groups attached to an aromatic ring is 1. The number of rotatable bonds is 3. The van der Waals surface area contributed by atoms with E-state index in [1.807, 2.05) is 13.0 Å². The zero-order chi connectivity index (χ0) is 14.7. The molecule has 1 aliphatic rings. The van der Waals surface area contributed by atoms with E-state index in [0.29, 0.717) is 12.3 Å². The first-order valence-corrected chi connectivity index (χ1v) is 7.62. The van der Waals surface area contributed by atoms with Crippen LogP contribution in [0.4, 0.5) is 11.4 Å². The number of ether oxygens (including phenoxy) is 1. The standard InChI is InChI=1S/C18H22N2O/c1-2-21-18-12-16(9-10-17(18)19)20-11-5-8-14-6-3-4-7-15(14)13-20/h3-4,6-7,9-10,12H,2,5,8,11,13,19H2,1H3. The van der Waals surface area contributed by atoms with Gasteiger partial charge in [0.25, 0.3) is 0 Å². The van der Waals surface area contributed by atoms with Crippen LogP contribution in [0, 0.1) is 0 Å². The van der Waals surface area contributed by atoms with Gasteiger partial charge >= 0.3 is 0 Å². The number of hydrogen-bond donors (Lipinski definition) is 1. The molecule has 0 bridgehead atoms. The van der Waals surface area contributed by atoms with Gasteiger partial charge in [-0.05, 0) is 43.0 Å². The number of benzene rings is 2. The molecule has 0 unspecified atom stereocenters. The van der Waals surface area contributed by atoms with E-state index in [-0.39, 0.29) is 0 Å². The lowest BCUT2D eigenvalue weighted by Crippen LogP contribution is -2.22. The molecule has 0 saturated carbocycles. The zero-order valence-corrected chi connectivity index (χ0v) is 12.5. The van der Waals surface area contributed by atoms with Crippen LogP contribution in [0.25, 0.3) is 0 Å². The normalized spacial score (nSPS) is 14.4. The van der Waals surface area contributed by atoms with Gasteiger partial charge in [0.2, 0.25) is 0 Å². The van der Waals surface area contributed by atoms with Crippen molar-refractivity contribution in [2.75, 3.05) is 23.8 Å². The van der Waals surface area contributed by atoms with Gasteiger partial charge in [0.15, 0.2) is 0 Å². The Morgan fingerprint density at radius 1 is 1.14 bits per heavy atom. The van der Waals surface area contributed by atoms with Crippen molar-refractivity contribution >= 4 is 11.4 Å². The minimum absolute atomic E-state index is 0.635. The van der Waals surface area contributed by atoms with Gasteiger partial charge in [0.1, 0.15) is 5.75 Å². The highest BCUT2D eigenvalue weighted by Crippen LogP contribution is 2.30. The lowest BCUT2D eigenvalue weighted by Gasteiger charge is -2.24. The molecule has 0 aromatic heterocycles. The number of fused-ring (bicyclic) bond motifs is 1. The third-order valence-electron chi connectivity index (χ3n) is 4.02. The van der Waals surface area contributed by atoms with Gasteiger partial charge in [-0.1, -0.05) is 24.3 Å². The maximum absolute atomic E-state index is 5.97. The summed E-state index contributed by atoms with van der Waals surface area (Å²) in [7, 11) is 0. The molecule has 110 valence electrons. The molecule has 21 heavy (non-hydrogen) atoms. The largest absolute Gasteiger partial charge is 0.492 e. The van der Waals surface area contributed by atoms with E-state index in [4.69, 9.17) is 10.5 Å². The third kappa shape index (κ3) is 2.97. The van der Waals surface area contributed by atoms with Crippen LogP contribution in [0.3, 0.4) is 0 Å². The summed E-state index contributed by atoms with van der Waals surface area (Å²) in [5.41, 5.74) is 10.8. The molecule has 0 saturated heterocycles. The first kappa shape index (κ1) is 13.8. The van der Waals surface area contributed by atoms with E-state index < -0.39 is 0 Å². The molecule has 0 fully saturated rings. The Hall–Kier alpha value is -2.16. The molecule has 0 atom stereocenters. The summed E-state index contributed by atoms with van der Waals surface area (Å²) < 4.78 is 5.62. The highest BCUT2D eigenvalue weighted by Gasteiger charge is 2.15. The number of nitrogens with zero attached hydrogens (tertiary/aromatic N) is 1. The van der Waals surface area contributed by atoms with Crippen molar-refractivity contribution in [3.8, 4) is 5.75 Å². The summed E-state index contributed by atoms with van der Waals surface area (Å²) in [6, 6.07) is 14.8.